The summed E-state index contributed by atoms with van der Waals surface area (Å²) in [7, 11) is 0. The highest BCUT2D eigenvalue weighted by molar-refractivity contribution is 14.1. The van der Waals surface area contributed by atoms with Crippen LogP contribution in [0.3, 0.4) is 0 Å². The minimum absolute atomic E-state index is 0.116. The molecule has 0 aliphatic rings. The van der Waals surface area contributed by atoms with E-state index in [9.17, 15) is 0 Å². The van der Waals surface area contributed by atoms with Gasteiger partial charge in [-0.15, -0.1) is 0 Å². The largest absolute Gasteiger partial charge is 0.394 e. The van der Waals surface area contributed by atoms with Crippen molar-refractivity contribution in [1.82, 2.24) is 9.78 Å². The Labute approximate surface area is 120 Å². The molecule has 0 fully saturated rings. The van der Waals surface area contributed by atoms with Gasteiger partial charge >= 0.3 is 0 Å². The van der Waals surface area contributed by atoms with Crippen LogP contribution in [0.25, 0.3) is 0 Å². The van der Waals surface area contributed by atoms with E-state index in [2.05, 4.69) is 58.1 Å². The van der Waals surface area contributed by atoms with Gasteiger partial charge in [0, 0.05) is 27.6 Å². The van der Waals surface area contributed by atoms with Gasteiger partial charge in [-0.1, -0.05) is 0 Å². The van der Waals surface area contributed by atoms with Gasteiger partial charge in [0.15, 0.2) is 0 Å². The van der Waals surface area contributed by atoms with Crippen LogP contribution in [0.15, 0.2) is 30.6 Å². The van der Waals surface area contributed by atoms with E-state index in [1.807, 2.05) is 12.4 Å². The average molecular weight is 357 g/mol. The van der Waals surface area contributed by atoms with Crippen molar-refractivity contribution in [3.8, 4) is 0 Å². The number of halogens is 1. The Kier molecular flexibility index (Phi) is 4.60. The van der Waals surface area contributed by atoms with Crippen LogP contribution in [0.4, 0.5) is 5.69 Å². The van der Waals surface area contributed by atoms with E-state index in [0.717, 1.165) is 17.8 Å². The van der Waals surface area contributed by atoms with Crippen LogP contribution in [-0.2, 0) is 13.1 Å². The van der Waals surface area contributed by atoms with Gasteiger partial charge in [0.2, 0.25) is 0 Å². The lowest BCUT2D eigenvalue weighted by Gasteiger charge is -2.08. The number of aliphatic hydroxyl groups excluding tert-OH is 1. The molecule has 0 amide bonds. The van der Waals surface area contributed by atoms with Gasteiger partial charge in [-0.25, -0.2) is 0 Å². The second kappa shape index (κ2) is 6.19. The van der Waals surface area contributed by atoms with Gasteiger partial charge in [-0.2, -0.15) is 5.10 Å². The van der Waals surface area contributed by atoms with E-state index >= 15 is 0 Å². The van der Waals surface area contributed by atoms with Crippen LogP contribution in [0.2, 0.25) is 0 Å². The molecule has 18 heavy (non-hydrogen) atoms. The Morgan fingerprint density at radius 3 is 3.00 bits per heavy atom. The van der Waals surface area contributed by atoms with Crippen molar-refractivity contribution in [2.75, 3.05) is 11.9 Å². The summed E-state index contributed by atoms with van der Waals surface area (Å²) in [6.45, 7) is 3.50. The molecule has 0 aliphatic carbocycles. The first-order chi connectivity index (χ1) is 8.69. The maximum atomic E-state index is 8.82. The number of anilines is 1. The van der Waals surface area contributed by atoms with Crippen molar-refractivity contribution in [1.29, 1.82) is 0 Å². The van der Waals surface area contributed by atoms with E-state index in [1.54, 1.807) is 4.68 Å². The molecular weight excluding hydrogens is 341 g/mol. The number of aromatic nitrogens is 2. The van der Waals surface area contributed by atoms with Crippen LogP contribution >= 0.6 is 22.6 Å². The number of nitrogens with zero attached hydrogens (tertiary/aromatic N) is 2. The van der Waals surface area contributed by atoms with E-state index in [0.29, 0.717) is 6.54 Å². The topological polar surface area (TPSA) is 50.1 Å². The lowest BCUT2D eigenvalue weighted by Crippen LogP contribution is -2.02. The molecule has 2 aromatic rings. The monoisotopic (exact) mass is 357 g/mol. The Hall–Kier alpha value is -1.08. The Morgan fingerprint density at radius 1 is 1.44 bits per heavy atom. The molecule has 96 valence electrons. The minimum Gasteiger partial charge on any atom is -0.394 e. The van der Waals surface area contributed by atoms with Crippen molar-refractivity contribution in [2.24, 2.45) is 0 Å². The molecule has 5 heteroatoms. The second-order valence-corrected chi connectivity index (χ2v) is 5.39. The predicted octanol–water partition coefficient (Wildman–Crippen LogP) is 2.40. The zero-order valence-electron chi connectivity index (χ0n) is 10.2. The molecule has 2 N–H and O–H groups in total. The number of rotatable bonds is 5. The van der Waals surface area contributed by atoms with E-state index < -0.39 is 0 Å². The predicted molar refractivity (Wildman–Crippen MR) is 80.5 cm³/mol. The third-order valence-corrected chi connectivity index (χ3v) is 3.36. The first-order valence-corrected chi connectivity index (χ1v) is 6.89. The minimum atomic E-state index is 0.116. The normalized spacial score (nSPS) is 10.6. The number of hydrogen-bond acceptors (Lipinski definition) is 3. The summed E-state index contributed by atoms with van der Waals surface area (Å²) in [6, 6.07) is 6.33. The van der Waals surface area contributed by atoms with Crippen LogP contribution in [0.1, 0.15) is 11.1 Å². The highest BCUT2D eigenvalue weighted by Crippen LogP contribution is 2.18. The molecule has 0 unspecified atom stereocenters. The number of nitrogens with one attached hydrogen (secondary N) is 1. The summed E-state index contributed by atoms with van der Waals surface area (Å²) in [6.07, 6.45) is 3.77. The summed E-state index contributed by atoms with van der Waals surface area (Å²) in [5, 5.41) is 16.4. The first kappa shape index (κ1) is 13.4. The first-order valence-electron chi connectivity index (χ1n) is 5.81. The molecule has 1 aromatic carbocycles. The molecular formula is C13H16IN3O. The van der Waals surface area contributed by atoms with E-state index in [-0.39, 0.29) is 6.61 Å². The maximum absolute atomic E-state index is 8.82. The van der Waals surface area contributed by atoms with E-state index in [4.69, 9.17) is 5.11 Å². The molecule has 0 saturated heterocycles. The Bertz CT molecular complexity index is 525. The Morgan fingerprint density at radius 2 is 2.28 bits per heavy atom. The second-order valence-electron chi connectivity index (χ2n) is 4.15. The SMILES string of the molecule is Cc1cc(I)ccc1NCc1cnn(CCO)c1. The van der Waals surface area contributed by atoms with Gasteiger partial charge in [-0.3, -0.25) is 4.68 Å². The van der Waals surface area contributed by atoms with Crippen molar-refractivity contribution in [3.05, 3.63) is 45.3 Å². The molecule has 0 spiro atoms. The number of aliphatic hydroxyl groups is 1. The molecule has 0 saturated carbocycles. The van der Waals surface area contributed by atoms with Gasteiger partial charge in [0.25, 0.3) is 0 Å². The summed E-state index contributed by atoms with van der Waals surface area (Å²) >= 11 is 2.31. The molecule has 1 heterocycles. The smallest absolute Gasteiger partial charge is 0.0640 e. The number of benzene rings is 1. The van der Waals surface area contributed by atoms with Crippen molar-refractivity contribution >= 4 is 28.3 Å². The molecule has 0 aliphatic heterocycles. The third kappa shape index (κ3) is 3.46. The van der Waals surface area contributed by atoms with Gasteiger partial charge in [-0.05, 0) is 53.3 Å². The van der Waals surface area contributed by atoms with Crippen LogP contribution in [0, 0.1) is 10.5 Å². The lowest BCUT2D eigenvalue weighted by atomic mass is 10.2. The molecule has 0 atom stereocenters. The molecule has 1 aromatic heterocycles. The summed E-state index contributed by atoms with van der Waals surface area (Å²) in [5.74, 6) is 0. The van der Waals surface area contributed by atoms with Gasteiger partial charge in [0.1, 0.15) is 0 Å². The fourth-order valence-electron chi connectivity index (χ4n) is 1.75. The lowest BCUT2D eigenvalue weighted by molar-refractivity contribution is 0.269. The summed E-state index contributed by atoms with van der Waals surface area (Å²) in [5.41, 5.74) is 3.50. The van der Waals surface area contributed by atoms with Gasteiger partial charge in [0.05, 0.1) is 19.3 Å². The summed E-state index contributed by atoms with van der Waals surface area (Å²) < 4.78 is 2.99. The molecule has 0 bridgehead atoms. The molecule has 4 nitrogen and oxygen atoms in total. The molecule has 0 radical (unpaired) electrons. The third-order valence-electron chi connectivity index (χ3n) is 2.69. The van der Waals surface area contributed by atoms with E-state index in [1.165, 1.54) is 9.13 Å². The maximum Gasteiger partial charge on any atom is 0.0640 e. The zero-order valence-corrected chi connectivity index (χ0v) is 12.4. The van der Waals surface area contributed by atoms with Crippen LogP contribution < -0.4 is 5.32 Å². The fraction of sp³-hybridized carbons (Fsp3) is 0.308. The standard InChI is InChI=1S/C13H16IN3O/c1-10-6-12(14)2-3-13(10)15-7-11-8-16-17(9-11)4-5-18/h2-3,6,8-9,15,18H,4-5,7H2,1H3. The van der Waals surface area contributed by atoms with Crippen LogP contribution in [-0.4, -0.2) is 21.5 Å². The highest BCUT2D eigenvalue weighted by Gasteiger charge is 2.01. The van der Waals surface area contributed by atoms with Crippen molar-refractivity contribution in [2.45, 2.75) is 20.0 Å². The number of aryl methyl sites for hydroxylation is 1. The zero-order chi connectivity index (χ0) is 13.0. The van der Waals surface area contributed by atoms with Crippen molar-refractivity contribution in [3.63, 3.8) is 0 Å². The highest BCUT2D eigenvalue weighted by atomic mass is 127. The van der Waals surface area contributed by atoms with Gasteiger partial charge < -0.3 is 10.4 Å². The average Bonchev–Trinajstić information content (AvgIpc) is 2.76. The van der Waals surface area contributed by atoms with Crippen molar-refractivity contribution < 1.29 is 5.11 Å². The summed E-state index contributed by atoms with van der Waals surface area (Å²) in [4.78, 5) is 0. The Balaban J connectivity index is 1.97. The molecule has 2 rings (SSSR count). The fourth-order valence-corrected chi connectivity index (χ4v) is 2.39. The van der Waals surface area contributed by atoms with Crippen LogP contribution in [0.5, 0.6) is 0 Å². The number of hydrogen-bond donors (Lipinski definition) is 2. The quantitative estimate of drug-likeness (QED) is 0.808.